The summed E-state index contributed by atoms with van der Waals surface area (Å²) in [6, 6.07) is 18.3. The number of carbonyl (C=O) groups is 2. The lowest BCUT2D eigenvalue weighted by molar-refractivity contribution is -0.136. The van der Waals surface area contributed by atoms with Crippen LogP contribution in [0.15, 0.2) is 78.5 Å². The second-order valence-electron chi connectivity index (χ2n) is 4.66. The van der Waals surface area contributed by atoms with E-state index in [1.165, 1.54) is 13.2 Å². The molecule has 0 saturated carbocycles. The molecule has 0 heterocycles. The van der Waals surface area contributed by atoms with Crippen molar-refractivity contribution in [3.63, 3.8) is 0 Å². The van der Waals surface area contributed by atoms with Gasteiger partial charge in [0, 0.05) is 5.56 Å². The summed E-state index contributed by atoms with van der Waals surface area (Å²) < 4.78 is 4.70. The lowest BCUT2D eigenvalue weighted by Crippen LogP contribution is -2.28. The number of esters is 1. The fourth-order valence-corrected chi connectivity index (χ4v) is 1.87. The number of nitrogens with one attached hydrogen (secondary N) is 1. The SMILES string of the molecule is COC(=O)/C(=C/C=C\c1ccccc1)NC(=O)c1ccccc1. The molecule has 0 saturated heterocycles. The largest absolute Gasteiger partial charge is 0.464 e. The van der Waals surface area contributed by atoms with Crippen molar-refractivity contribution in [3.8, 4) is 0 Å². The number of ether oxygens (including phenoxy) is 1. The van der Waals surface area contributed by atoms with Crippen molar-refractivity contribution in [1.29, 1.82) is 0 Å². The number of hydrogen-bond acceptors (Lipinski definition) is 3. The van der Waals surface area contributed by atoms with Crippen molar-refractivity contribution in [2.45, 2.75) is 0 Å². The molecule has 0 atom stereocenters. The maximum atomic E-state index is 12.1. The molecule has 2 aromatic rings. The fraction of sp³-hybridized carbons (Fsp3) is 0.0526. The molecule has 0 aromatic heterocycles. The van der Waals surface area contributed by atoms with Crippen LogP contribution in [-0.4, -0.2) is 19.0 Å². The van der Waals surface area contributed by atoms with E-state index in [1.54, 1.807) is 30.3 Å². The van der Waals surface area contributed by atoms with E-state index >= 15 is 0 Å². The molecule has 0 bridgehead atoms. The monoisotopic (exact) mass is 307 g/mol. The van der Waals surface area contributed by atoms with Gasteiger partial charge in [-0.05, 0) is 23.8 Å². The highest BCUT2D eigenvalue weighted by Gasteiger charge is 2.13. The smallest absolute Gasteiger partial charge is 0.354 e. The van der Waals surface area contributed by atoms with E-state index in [0.717, 1.165) is 5.56 Å². The Kier molecular flexibility index (Phi) is 5.89. The summed E-state index contributed by atoms with van der Waals surface area (Å²) in [7, 11) is 1.27. The normalized spacial score (nSPS) is 11.3. The number of methoxy groups -OCH3 is 1. The van der Waals surface area contributed by atoms with E-state index in [-0.39, 0.29) is 11.6 Å². The predicted octanol–water partition coefficient (Wildman–Crippen LogP) is 3.19. The van der Waals surface area contributed by atoms with E-state index in [0.29, 0.717) is 5.56 Å². The van der Waals surface area contributed by atoms with Crippen LogP contribution in [0.25, 0.3) is 6.08 Å². The van der Waals surface area contributed by atoms with Crippen LogP contribution in [0, 0.1) is 0 Å². The molecular weight excluding hydrogens is 290 g/mol. The van der Waals surface area contributed by atoms with Gasteiger partial charge in [0.05, 0.1) is 7.11 Å². The summed E-state index contributed by atoms with van der Waals surface area (Å²) in [6.45, 7) is 0. The van der Waals surface area contributed by atoms with Gasteiger partial charge in [0.1, 0.15) is 5.70 Å². The van der Waals surface area contributed by atoms with E-state index in [4.69, 9.17) is 4.74 Å². The van der Waals surface area contributed by atoms with E-state index in [2.05, 4.69) is 5.32 Å². The van der Waals surface area contributed by atoms with Gasteiger partial charge in [-0.3, -0.25) is 4.79 Å². The topological polar surface area (TPSA) is 55.4 Å². The summed E-state index contributed by atoms with van der Waals surface area (Å²) in [5, 5.41) is 2.57. The van der Waals surface area contributed by atoms with Gasteiger partial charge in [0.2, 0.25) is 0 Å². The highest BCUT2D eigenvalue weighted by Crippen LogP contribution is 2.04. The number of hydrogen-bond donors (Lipinski definition) is 1. The lowest BCUT2D eigenvalue weighted by Gasteiger charge is -2.07. The zero-order valence-corrected chi connectivity index (χ0v) is 12.7. The Labute approximate surface area is 135 Å². The molecule has 23 heavy (non-hydrogen) atoms. The van der Waals surface area contributed by atoms with Gasteiger partial charge in [0.25, 0.3) is 5.91 Å². The van der Waals surface area contributed by atoms with Gasteiger partial charge in [-0.15, -0.1) is 0 Å². The van der Waals surface area contributed by atoms with Crippen molar-refractivity contribution in [2.24, 2.45) is 0 Å². The average Bonchev–Trinajstić information content (AvgIpc) is 2.61. The number of benzene rings is 2. The Morgan fingerprint density at radius 3 is 2.17 bits per heavy atom. The Morgan fingerprint density at radius 2 is 1.57 bits per heavy atom. The minimum atomic E-state index is -0.605. The van der Waals surface area contributed by atoms with Crippen molar-refractivity contribution in [3.05, 3.63) is 89.6 Å². The minimum absolute atomic E-state index is 0.0773. The van der Waals surface area contributed by atoms with Crippen LogP contribution >= 0.6 is 0 Å². The molecule has 4 nitrogen and oxygen atoms in total. The van der Waals surface area contributed by atoms with Gasteiger partial charge in [-0.25, -0.2) is 4.79 Å². The fourth-order valence-electron chi connectivity index (χ4n) is 1.87. The first-order valence-corrected chi connectivity index (χ1v) is 7.09. The summed E-state index contributed by atoms with van der Waals surface area (Å²) in [6.07, 6.45) is 5.03. The molecule has 0 unspecified atom stereocenters. The van der Waals surface area contributed by atoms with Crippen molar-refractivity contribution >= 4 is 18.0 Å². The molecule has 2 aromatic carbocycles. The van der Waals surface area contributed by atoms with Crippen LogP contribution in [0.5, 0.6) is 0 Å². The zero-order valence-electron chi connectivity index (χ0n) is 12.7. The first-order valence-electron chi connectivity index (χ1n) is 7.09. The molecule has 2 rings (SSSR count). The third-order valence-corrected chi connectivity index (χ3v) is 3.04. The van der Waals surface area contributed by atoms with Gasteiger partial charge >= 0.3 is 5.97 Å². The molecule has 0 fully saturated rings. The van der Waals surface area contributed by atoms with Gasteiger partial charge < -0.3 is 10.1 Å². The number of amides is 1. The van der Waals surface area contributed by atoms with Crippen molar-refractivity contribution in [1.82, 2.24) is 5.32 Å². The number of allylic oxidation sites excluding steroid dienone is 2. The van der Waals surface area contributed by atoms with Gasteiger partial charge in [-0.1, -0.05) is 60.7 Å². The average molecular weight is 307 g/mol. The molecule has 1 amide bonds. The third-order valence-electron chi connectivity index (χ3n) is 3.04. The number of carbonyl (C=O) groups excluding carboxylic acids is 2. The lowest BCUT2D eigenvalue weighted by atomic mass is 10.2. The zero-order chi connectivity index (χ0) is 16.5. The molecule has 1 N–H and O–H groups in total. The second kappa shape index (κ2) is 8.34. The Hall–Kier alpha value is -3.14. The first kappa shape index (κ1) is 16.2. The van der Waals surface area contributed by atoms with E-state index in [9.17, 15) is 9.59 Å². The highest BCUT2D eigenvalue weighted by atomic mass is 16.5. The van der Waals surface area contributed by atoms with E-state index in [1.807, 2.05) is 42.5 Å². The highest BCUT2D eigenvalue weighted by molar-refractivity contribution is 6.01. The Bertz CT molecular complexity index is 719. The van der Waals surface area contributed by atoms with Gasteiger partial charge in [0.15, 0.2) is 0 Å². The molecule has 0 aliphatic carbocycles. The maximum absolute atomic E-state index is 12.1. The van der Waals surface area contributed by atoms with Crippen LogP contribution in [0.4, 0.5) is 0 Å². The quantitative estimate of drug-likeness (QED) is 0.524. The minimum Gasteiger partial charge on any atom is -0.464 e. The van der Waals surface area contributed by atoms with Crippen molar-refractivity contribution in [2.75, 3.05) is 7.11 Å². The standard InChI is InChI=1S/C19H17NO3/c1-23-19(22)17(14-8-11-15-9-4-2-5-10-15)20-18(21)16-12-6-3-7-13-16/h2-14H,1H3,(H,20,21)/b11-8-,17-14-. The molecule has 0 aliphatic heterocycles. The molecule has 0 spiro atoms. The summed E-state index contributed by atoms with van der Waals surface area (Å²) in [5.74, 6) is -0.970. The van der Waals surface area contributed by atoms with Crippen LogP contribution in [0.3, 0.4) is 0 Å². The molecule has 0 radical (unpaired) electrons. The summed E-state index contributed by atoms with van der Waals surface area (Å²) >= 11 is 0. The van der Waals surface area contributed by atoms with Gasteiger partial charge in [-0.2, -0.15) is 0 Å². The maximum Gasteiger partial charge on any atom is 0.354 e. The second-order valence-corrected chi connectivity index (χ2v) is 4.66. The number of rotatable bonds is 5. The van der Waals surface area contributed by atoms with Crippen LogP contribution < -0.4 is 5.32 Å². The Balaban J connectivity index is 2.14. The first-order chi connectivity index (χ1) is 11.2. The molecule has 116 valence electrons. The Morgan fingerprint density at radius 1 is 0.957 bits per heavy atom. The molecular formula is C19H17NO3. The van der Waals surface area contributed by atoms with Crippen LogP contribution in [0.2, 0.25) is 0 Å². The van der Waals surface area contributed by atoms with Crippen LogP contribution in [-0.2, 0) is 9.53 Å². The van der Waals surface area contributed by atoms with Crippen molar-refractivity contribution < 1.29 is 14.3 Å². The third kappa shape index (κ3) is 4.97. The molecule has 4 heteroatoms. The molecule has 0 aliphatic rings. The van der Waals surface area contributed by atoms with Crippen LogP contribution in [0.1, 0.15) is 15.9 Å². The summed E-state index contributed by atoms with van der Waals surface area (Å²) in [4.78, 5) is 23.9. The summed E-state index contributed by atoms with van der Waals surface area (Å²) in [5.41, 5.74) is 1.53. The predicted molar refractivity (Wildman–Crippen MR) is 89.5 cm³/mol. The van der Waals surface area contributed by atoms with E-state index < -0.39 is 5.97 Å².